The molecule has 2 aromatic rings. The maximum absolute atomic E-state index is 12.6. The average molecular weight is 345 g/mol. The molecule has 0 aliphatic carbocycles. The van der Waals surface area contributed by atoms with E-state index in [1.807, 2.05) is 30.3 Å². The fraction of sp³-hybridized carbons (Fsp3) is 0.278. The van der Waals surface area contributed by atoms with Crippen molar-refractivity contribution in [3.05, 3.63) is 60.2 Å². The largest absolute Gasteiger partial charge is 0.457 e. The van der Waals surface area contributed by atoms with Gasteiger partial charge in [-0.15, -0.1) is 0 Å². The van der Waals surface area contributed by atoms with Gasteiger partial charge in [-0.3, -0.25) is 4.79 Å². The quantitative estimate of drug-likeness (QED) is 0.855. The summed E-state index contributed by atoms with van der Waals surface area (Å²) in [7, 11) is -1.37. The van der Waals surface area contributed by atoms with Gasteiger partial charge in [0.2, 0.25) is 0 Å². The molecule has 0 aromatic heterocycles. The third-order valence-electron chi connectivity index (χ3n) is 4.14. The first kappa shape index (κ1) is 16.5. The molecule has 1 atom stereocenters. The van der Waals surface area contributed by atoms with E-state index in [1.54, 1.807) is 31.3 Å². The van der Waals surface area contributed by atoms with Crippen molar-refractivity contribution >= 4 is 15.7 Å². The molecule has 1 heterocycles. The van der Waals surface area contributed by atoms with Crippen molar-refractivity contribution in [2.45, 2.75) is 12.5 Å². The molecule has 1 saturated heterocycles. The zero-order chi connectivity index (χ0) is 17.2. The van der Waals surface area contributed by atoms with Gasteiger partial charge in [0, 0.05) is 18.7 Å². The molecule has 5 nitrogen and oxygen atoms in total. The number of ether oxygens (including phenoxy) is 1. The lowest BCUT2D eigenvalue weighted by Gasteiger charge is -2.23. The Kier molecular flexibility index (Phi) is 4.57. The van der Waals surface area contributed by atoms with Crippen molar-refractivity contribution in [1.29, 1.82) is 0 Å². The second kappa shape index (κ2) is 6.65. The van der Waals surface area contributed by atoms with Crippen molar-refractivity contribution in [2.75, 3.05) is 18.6 Å². The summed E-state index contributed by atoms with van der Waals surface area (Å²) < 4.78 is 28.9. The van der Waals surface area contributed by atoms with Gasteiger partial charge in [-0.05, 0) is 36.8 Å². The highest BCUT2D eigenvalue weighted by atomic mass is 32.2. The Morgan fingerprint density at radius 3 is 2.46 bits per heavy atom. The monoisotopic (exact) mass is 345 g/mol. The van der Waals surface area contributed by atoms with Crippen LogP contribution in [0.1, 0.15) is 16.8 Å². The molecule has 0 saturated carbocycles. The Labute approximate surface area is 141 Å². The van der Waals surface area contributed by atoms with Crippen LogP contribution < -0.4 is 4.74 Å². The number of hydrogen-bond donors (Lipinski definition) is 0. The fourth-order valence-corrected chi connectivity index (χ4v) is 4.54. The van der Waals surface area contributed by atoms with E-state index in [0.717, 1.165) is 0 Å². The number of para-hydroxylation sites is 1. The van der Waals surface area contributed by atoms with E-state index < -0.39 is 9.84 Å². The molecular formula is C18H19NO4S. The second-order valence-electron chi connectivity index (χ2n) is 5.92. The first-order chi connectivity index (χ1) is 11.4. The SMILES string of the molecule is CN(C(=O)c1cccc(Oc2ccccc2)c1)[C@H]1CCS(=O)(=O)C1. The van der Waals surface area contributed by atoms with Crippen LogP contribution in [0.5, 0.6) is 11.5 Å². The maximum Gasteiger partial charge on any atom is 0.254 e. The normalized spacial score (nSPS) is 19.0. The molecule has 0 spiro atoms. The van der Waals surface area contributed by atoms with Gasteiger partial charge in [0.25, 0.3) is 5.91 Å². The minimum absolute atomic E-state index is 0.0371. The fourth-order valence-electron chi connectivity index (χ4n) is 2.77. The predicted octanol–water partition coefficient (Wildman–Crippen LogP) is 2.74. The van der Waals surface area contributed by atoms with Gasteiger partial charge in [-0.25, -0.2) is 8.42 Å². The zero-order valence-corrected chi connectivity index (χ0v) is 14.2. The molecule has 1 aliphatic heterocycles. The van der Waals surface area contributed by atoms with Crippen LogP contribution in [0.15, 0.2) is 54.6 Å². The van der Waals surface area contributed by atoms with Crippen LogP contribution in [-0.4, -0.2) is 43.8 Å². The lowest BCUT2D eigenvalue weighted by atomic mass is 10.1. The maximum atomic E-state index is 12.6. The van der Waals surface area contributed by atoms with Crippen molar-refractivity contribution in [3.63, 3.8) is 0 Å². The van der Waals surface area contributed by atoms with Gasteiger partial charge < -0.3 is 9.64 Å². The first-order valence-electron chi connectivity index (χ1n) is 7.75. The van der Waals surface area contributed by atoms with E-state index in [1.165, 1.54) is 4.90 Å². The van der Waals surface area contributed by atoms with Crippen LogP contribution in [0.4, 0.5) is 0 Å². The standard InChI is InChI=1S/C18H19NO4S/c1-19(15-10-11-24(21,22)13-15)18(20)14-6-5-9-17(12-14)23-16-7-3-2-4-8-16/h2-9,12,15H,10-11,13H2,1H3/t15-/m0/s1. The molecule has 24 heavy (non-hydrogen) atoms. The van der Waals surface area contributed by atoms with Crippen LogP contribution in [0.25, 0.3) is 0 Å². The predicted molar refractivity (Wildman–Crippen MR) is 92.1 cm³/mol. The number of rotatable bonds is 4. The highest BCUT2D eigenvalue weighted by Crippen LogP contribution is 2.24. The lowest BCUT2D eigenvalue weighted by Crippen LogP contribution is -2.37. The molecule has 2 aromatic carbocycles. The number of nitrogens with zero attached hydrogens (tertiary/aromatic N) is 1. The summed E-state index contributed by atoms with van der Waals surface area (Å²) in [6.45, 7) is 0. The Hall–Kier alpha value is -2.34. The van der Waals surface area contributed by atoms with Crippen molar-refractivity contribution in [3.8, 4) is 11.5 Å². The summed E-state index contributed by atoms with van der Waals surface area (Å²) in [6, 6.07) is 16.0. The Morgan fingerprint density at radius 1 is 1.08 bits per heavy atom. The van der Waals surface area contributed by atoms with Crippen LogP contribution in [0.2, 0.25) is 0 Å². The van der Waals surface area contributed by atoms with Gasteiger partial charge in [0.1, 0.15) is 11.5 Å². The van der Waals surface area contributed by atoms with Gasteiger partial charge in [0.05, 0.1) is 11.5 Å². The number of carbonyl (C=O) groups excluding carboxylic acids is 1. The third-order valence-corrected chi connectivity index (χ3v) is 5.89. The summed E-state index contributed by atoms with van der Waals surface area (Å²) >= 11 is 0. The average Bonchev–Trinajstić information content (AvgIpc) is 2.95. The topological polar surface area (TPSA) is 63.7 Å². The third kappa shape index (κ3) is 3.76. The molecule has 0 unspecified atom stereocenters. The van der Waals surface area contributed by atoms with Gasteiger partial charge in [0.15, 0.2) is 9.84 Å². The molecule has 6 heteroatoms. The summed E-state index contributed by atoms with van der Waals surface area (Å²) in [5.74, 6) is 1.24. The highest BCUT2D eigenvalue weighted by molar-refractivity contribution is 7.91. The summed E-state index contributed by atoms with van der Waals surface area (Å²) in [5.41, 5.74) is 0.482. The highest BCUT2D eigenvalue weighted by Gasteiger charge is 2.33. The van der Waals surface area contributed by atoms with E-state index in [9.17, 15) is 13.2 Å². The number of sulfone groups is 1. The molecule has 0 bridgehead atoms. The summed E-state index contributed by atoms with van der Waals surface area (Å²) in [4.78, 5) is 14.1. The molecule has 3 rings (SSSR count). The molecule has 0 radical (unpaired) electrons. The van der Waals surface area contributed by atoms with Crippen LogP contribution in [-0.2, 0) is 9.84 Å². The van der Waals surface area contributed by atoms with Gasteiger partial charge >= 0.3 is 0 Å². The molecule has 1 fully saturated rings. The van der Waals surface area contributed by atoms with E-state index >= 15 is 0 Å². The zero-order valence-electron chi connectivity index (χ0n) is 13.4. The van der Waals surface area contributed by atoms with Crippen LogP contribution in [0.3, 0.4) is 0 Å². The second-order valence-corrected chi connectivity index (χ2v) is 8.14. The number of amides is 1. The number of benzene rings is 2. The number of carbonyl (C=O) groups is 1. The van der Waals surface area contributed by atoms with Crippen molar-refractivity contribution in [1.82, 2.24) is 4.90 Å². The molecule has 0 N–H and O–H groups in total. The van der Waals surface area contributed by atoms with Gasteiger partial charge in [-0.2, -0.15) is 0 Å². The lowest BCUT2D eigenvalue weighted by molar-refractivity contribution is 0.0747. The van der Waals surface area contributed by atoms with E-state index in [4.69, 9.17) is 4.74 Å². The van der Waals surface area contributed by atoms with Crippen molar-refractivity contribution < 1.29 is 17.9 Å². The summed E-state index contributed by atoms with van der Waals surface area (Å²) in [6.07, 6.45) is 0.491. The Balaban J connectivity index is 1.74. The summed E-state index contributed by atoms with van der Waals surface area (Å²) in [5, 5.41) is 0. The van der Waals surface area contributed by atoms with E-state index in [0.29, 0.717) is 23.5 Å². The van der Waals surface area contributed by atoms with E-state index in [-0.39, 0.29) is 23.5 Å². The molecule has 1 amide bonds. The number of hydrogen-bond acceptors (Lipinski definition) is 4. The van der Waals surface area contributed by atoms with Crippen molar-refractivity contribution in [2.24, 2.45) is 0 Å². The minimum Gasteiger partial charge on any atom is -0.457 e. The molecule has 1 aliphatic rings. The molecule has 126 valence electrons. The minimum atomic E-state index is -3.02. The van der Waals surface area contributed by atoms with E-state index in [2.05, 4.69) is 0 Å². The van der Waals surface area contributed by atoms with Crippen LogP contribution in [0, 0.1) is 0 Å². The Morgan fingerprint density at radius 2 is 1.79 bits per heavy atom. The molecular weight excluding hydrogens is 326 g/mol. The van der Waals surface area contributed by atoms with Crippen LogP contribution >= 0.6 is 0 Å². The smallest absolute Gasteiger partial charge is 0.254 e. The Bertz CT molecular complexity index is 833. The van der Waals surface area contributed by atoms with Gasteiger partial charge in [-0.1, -0.05) is 24.3 Å². The first-order valence-corrected chi connectivity index (χ1v) is 9.57.